The highest BCUT2D eigenvalue weighted by Gasteiger charge is 2.08. The van der Waals surface area contributed by atoms with E-state index in [1.54, 1.807) is 18.5 Å². The molecule has 17 heavy (non-hydrogen) atoms. The monoisotopic (exact) mass is 228 g/mol. The molecule has 0 aliphatic rings. The first kappa shape index (κ1) is 11.6. The van der Waals surface area contributed by atoms with E-state index >= 15 is 0 Å². The van der Waals surface area contributed by atoms with Crippen molar-refractivity contribution < 1.29 is 0 Å². The van der Waals surface area contributed by atoms with Crippen molar-refractivity contribution in [2.45, 2.75) is 26.8 Å². The van der Waals surface area contributed by atoms with Crippen molar-refractivity contribution in [2.75, 3.05) is 0 Å². The summed E-state index contributed by atoms with van der Waals surface area (Å²) in [4.78, 5) is 15.8. The van der Waals surface area contributed by atoms with E-state index in [0.717, 1.165) is 23.2 Å². The number of nitrogens with zero attached hydrogens (tertiary/aromatic N) is 2. The first-order valence-electron chi connectivity index (χ1n) is 5.91. The Morgan fingerprint density at radius 1 is 1.12 bits per heavy atom. The highest BCUT2D eigenvalue weighted by molar-refractivity contribution is 5.65. The molecule has 0 saturated carbocycles. The minimum atomic E-state index is 0.0714. The van der Waals surface area contributed by atoms with Crippen LogP contribution in [0.25, 0.3) is 11.1 Å². The molecule has 2 rings (SSSR count). The van der Waals surface area contributed by atoms with E-state index in [9.17, 15) is 4.79 Å². The zero-order valence-electron chi connectivity index (χ0n) is 10.2. The molecule has 0 atom stereocenters. The van der Waals surface area contributed by atoms with Crippen molar-refractivity contribution >= 4 is 0 Å². The topological polar surface area (TPSA) is 34.9 Å². The van der Waals surface area contributed by atoms with Gasteiger partial charge in [0.2, 0.25) is 0 Å². The molecule has 0 unspecified atom stereocenters. The van der Waals surface area contributed by atoms with Gasteiger partial charge in [-0.25, -0.2) is 0 Å². The molecule has 0 aliphatic heterocycles. The lowest BCUT2D eigenvalue weighted by atomic mass is 10.0. The van der Waals surface area contributed by atoms with Crippen LogP contribution in [-0.2, 0) is 13.0 Å². The first-order chi connectivity index (χ1) is 8.27. The van der Waals surface area contributed by atoms with Crippen molar-refractivity contribution in [2.24, 2.45) is 0 Å². The molecule has 0 spiro atoms. The van der Waals surface area contributed by atoms with E-state index in [1.807, 2.05) is 29.7 Å². The second-order valence-corrected chi connectivity index (χ2v) is 3.87. The Morgan fingerprint density at radius 3 is 2.41 bits per heavy atom. The van der Waals surface area contributed by atoms with Gasteiger partial charge < -0.3 is 4.57 Å². The third-order valence-electron chi connectivity index (χ3n) is 2.94. The van der Waals surface area contributed by atoms with Crippen LogP contribution < -0.4 is 5.56 Å². The molecule has 0 bridgehead atoms. The van der Waals surface area contributed by atoms with Crippen LogP contribution in [0.3, 0.4) is 0 Å². The predicted octanol–water partition coefficient (Wildman–Crippen LogP) is 2.49. The maximum Gasteiger partial charge on any atom is 0.250 e. The number of hydrogen-bond acceptors (Lipinski definition) is 2. The van der Waals surface area contributed by atoms with Gasteiger partial charge in [0.1, 0.15) is 0 Å². The van der Waals surface area contributed by atoms with Gasteiger partial charge in [0.15, 0.2) is 0 Å². The molecule has 3 heteroatoms. The van der Waals surface area contributed by atoms with Gasteiger partial charge in [0, 0.05) is 36.3 Å². The Kier molecular flexibility index (Phi) is 3.38. The Labute approximate surface area is 101 Å². The van der Waals surface area contributed by atoms with Crippen LogP contribution >= 0.6 is 0 Å². The van der Waals surface area contributed by atoms with Gasteiger partial charge in [-0.2, -0.15) is 0 Å². The fourth-order valence-electron chi connectivity index (χ4n) is 2.14. The quantitative estimate of drug-likeness (QED) is 0.809. The smallest absolute Gasteiger partial charge is 0.250 e. The molecule has 88 valence electrons. The fourth-order valence-corrected chi connectivity index (χ4v) is 2.14. The lowest BCUT2D eigenvalue weighted by molar-refractivity contribution is 0.683. The summed E-state index contributed by atoms with van der Waals surface area (Å²) in [5, 5.41) is 0. The van der Waals surface area contributed by atoms with Gasteiger partial charge in [0.05, 0.1) is 0 Å². The standard InChI is InChI=1S/C14H16N2O/c1-3-13-12(11-7-9-15-10-8-11)5-6-14(17)16(13)4-2/h5-10H,3-4H2,1-2H3. The molecule has 2 aromatic heterocycles. The molecule has 3 nitrogen and oxygen atoms in total. The summed E-state index contributed by atoms with van der Waals surface area (Å²) in [5.41, 5.74) is 3.39. The molecule has 0 radical (unpaired) electrons. The lowest BCUT2D eigenvalue weighted by Gasteiger charge is -2.14. The van der Waals surface area contributed by atoms with Crippen LogP contribution in [0.4, 0.5) is 0 Å². The van der Waals surface area contributed by atoms with Crippen LogP contribution in [0, 0.1) is 0 Å². The van der Waals surface area contributed by atoms with Crippen molar-refractivity contribution in [3.05, 3.63) is 52.7 Å². The van der Waals surface area contributed by atoms with Gasteiger partial charge >= 0.3 is 0 Å². The van der Waals surface area contributed by atoms with Gasteiger partial charge in [-0.3, -0.25) is 9.78 Å². The maximum absolute atomic E-state index is 11.8. The summed E-state index contributed by atoms with van der Waals surface area (Å²) in [5.74, 6) is 0. The second kappa shape index (κ2) is 4.95. The SMILES string of the molecule is CCc1c(-c2ccncc2)ccc(=O)n1CC. The van der Waals surface area contributed by atoms with E-state index in [0.29, 0.717) is 6.54 Å². The molecule has 0 saturated heterocycles. The van der Waals surface area contributed by atoms with Crippen molar-refractivity contribution in [3.63, 3.8) is 0 Å². The van der Waals surface area contributed by atoms with Crippen molar-refractivity contribution in [1.29, 1.82) is 0 Å². The number of aromatic nitrogens is 2. The van der Waals surface area contributed by atoms with Crippen molar-refractivity contribution in [3.8, 4) is 11.1 Å². The second-order valence-electron chi connectivity index (χ2n) is 3.87. The van der Waals surface area contributed by atoms with Crippen LogP contribution in [-0.4, -0.2) is 9.55 Å². The Bertz CT molecular complexity index is 558. The molecule has 2 heterocycles. The molecule has 2 aromatic rings. The van der Waals surface area contributed by atoms with Gasteiger partial charge in [-0.05, 0) is 37.1 Å². The van der Waals surface area contributed by atoms with E-state index in [1.165, 1.54) is 0 Å². The normalized spacial score (nSPS) is 10.5. The van der Waals surface area contributed by atoms with Crippen LogP contribution in [0.5, 0.6) is 0 Å². The first-order valence-corrected chi connectivity index (χ1v) is 5.91. The summed E-state index contributed by atoms with van der Waals surface area (Å²) < 4.78 is 1.83. The fraction of sp³-hybridized carbons (Fsp3) is 0.286. The van der Waals surface area contributed by atoms with Gasteiger partial charge in [0.25, 0.3) is 5.56 Å². The summed E-state index contributed by atoms with van der Waals surface area (Å²) >= 11 is 0. The average Bonchev–Trinajstić information content (AvgIpc) is 2.39. The molecule has 0 aliphatic carbocycles. The number of rotatable bonds is 3. The van der Waals surface area contributed by atoms with E-state index in [-0.39, 0.29) is 5.56 Å². The summed E-state index contributed by atoms with van der Waals surface area (Å²) in [6.07, 6.45) is 4.40. The van der Waals surface area contributed by atoms with E-state index < -0.39 is 0 Å². The van der Waals surface area contributed by atoms with Gasteiger partial charge in [-0.15, -0.1) is 0 Å². The van der Waals surface area contributed by atoms with Crippen LogP contribution in [0.15, 0.2) is 41.5 Å². The third kappa shape index (κ3) is 2.13. The molecule has 0 aromatic carbocycles. The zero-order chi connectivity index (χ0) is 12.3. The molecule has 0 fully saturated rings. The summed E-state index contributed by atoms with van der Waals surface area (Å²) in [6.45, 7) is 4.78. The molecular formula is C14H16N2O. The van der Waals surface area contributed by atoms with Crippen molar-refractivity contribution in [1.82, 2.24) is 9.55 Å². The lowest BCUT2D eigenvalue weighted by Crippen LogP contribution is -2.22. The number of hydrogen-bond donors (Lipinski definition) is 0. The van der Waals surface area contributed by atoms with Gasteiger partial charge in [-0.1, -0.05) is 6.92 Å². The third-order valence-corrected chi connectivity index (χ3v) is 2.94. The summed E-state index contributed by atoms with van der Waals surface area (Å²) in [6, 6.07) is 7.49. The Hall–Kier alpha value is -1.90. The van der Waals surface area contributed by atoms with E-state index in [2.05, 4.69) is 11.9 Å². The minimum Gasteiger partial charge on any atom is -0.312 e. The molecule has 0 N–H and O–H groups in total. The highest BCUT2D eigenvalue weighted by Crippen LogP contribution is 2.22. The van der Waals surface area contributed by atoms with E-state index in [4.69, 9.17) is 0 Å². The van der Waals surface area contributed by atoms with Crippen LogP contribution in [0.2, 0.25) is 0 Å². The predicted molar refractivity (Wildman–Crippen MR) is 69.0 cm³/mol. The molecule has 0 amide bonds. The minimum absolute atomic E-state index is 0.0714. The van der Waals surface area contributed by atoms with Crippen LogP contribution in [0.1, 0.15) is 19.5 Å². The average molecular weight is 228 g/mol. The summed E-state index contributed by atoms with van der Waals surface area (Å²) in [7, 11) is 0. The highest BCUT2D eigenvalue weighted by atomic mass is 16.1. The Morgan fingerprint density at radius 2 is 1.82 bits per heavy atom. The number of pyridine rings is 2. The maximum atomic E-state index is 11.8. The Balaban J connectivity index is 2.67. The largest absolute Gasteiger partial charge is 0.312 e. The zero-order valence-corrected chi connectivity index (χ0v) is 10.2. The molecular weight excluding hydrogens is 212 g/mol.